The van der Waals surface area contributed by atoms with Gasteiger partial charge in [-0.25, -0.2) is 8.78 Å². The number of fused-ring (bicyclic) bond motifs is 1. The summed E-state index contributed by atoms with van der Waals surface area (Å²) in [6, 6.07) is 1.74. The monoisotopic (exact) mass is 293 g/mol. The van der Waals surface area contributed by atoms with E-state index >= 15 is 0 Å². The predicted molar refractivity (Wildman–Crippen MR) is 55.7 cm³/mol. The van der Waals surface area contributed by atoms with Crippen LogP contribution >= 0.6 is 22.6 Å². The van der Waals surface area contributed by atoms with Crippen LogP contribution in [0.4, 0.5) is 8.78 Å². The number of aromatic nitrogens is 1. The molecule has 1 aromatic carbocycles. The summed E-state index contributed by atoms with van der Waals surface area (Å²) < 4.78 is 27.2. The number of rotatable bonds is 0. The topological polar surface area (TPSA) is 15.8 Å². The Morgan fingerprint density at radius 2 is 2.00 bits per heavy atom. The lowest BCUT2D eigenvalue weighted by atomic mass is 10.1. The molecule has 0 aliphatic heterocycles. The van der Waals surface area contributed by atoms with Crippen molar-refractivity contribution in [3.63, 3.8) is 0 Å². The van der Waals surface area contributed by atoms with Gasteiger partial charge in [0.05, 0.1) is 5.52 Å². The van der Waals surface area contributed by atoms with Crippen molar-refractivity contribution < 1.29 is 8.78 Å². The van der Waals surface area contributed by atoms with Gasteiger partial charge >= 0.3 is 0 Å². The second kappa shape index (κ2) is 2.94. The van der Waals surface area contributed by atoms with Gasteiger partial charge in [-0.15, -0.1) is 0 Å². The summed E-state index contributed by atoms with van der Waals surface area (Å²) in [5, 5.41) is 0.733. The first-order valence-electron chi connectivity index (χ1n) is 3.73. The van der Waals surface area contributed by atoms with Crippen molar-refractivity contribution in [1.29, 1.82) is 0 Å². The molecule has 4 heteroatoms. The molecule has 0 saturated carbocycles. The van der Waals surface area contributed by atoms with E-state index in [1.54, 1.807) is 19.2 Å². The number of hydrogen-bond donors (Lipinski definition) is 1. The Labute approximate surface area is 87.3 Å². The maximum absolute atomic E-state index is 13.3. The molecule has 0 saturated heterocycles. The van der Waals surface area contributed by atoms with Crippen LogP contribution in [0, 0.1) is 22.1 Å². The second-order valence-electron chi connectivity index (χ2n) is 2.83. The van der Waals surface area contributed by atoms with Crippen molar-refractivity contribution in [3.05, 3.63) is 33.0 Å². The maximum Gasteiger partial charge on any atom is 0.183 e. The Balaban J connectivity index is 3.02. The van der Waals surface area contributed by atoms with Crippen LogP contribution in [0.3, 0.4) is 0 Å². The highest BCUT2D eigenvalue weighted by Gasteiger charge is 2.15. The summed E-state index contributed by atoms with van der Waals surface area (Å²) in [6.45, 7) is 1.58. The Kier molecular flexibility index (Phi) is 2.02. The summed E-state index contributed by atoms with van der Waals surface area (Å²) in [4.78, 5) is 2.68. The van der Waals surface area contributed by atoms with Crippen molar-refractivity contribution in [2.24, 2.45) is 0 Å². The molecular weight excluding hydrogens is 287 g/mol. The summed E-state index contributed by atoms with van der Waals surface area (Å²) in [5.74, 6) is -1.56. The Morgan fingerprint density at radius 3 is 2.69 bits per heavy atom. The molecule has 2 rings (SSSR count). The van der Waals surface area contributed by atoms with E-state index in [1.165, 1.54) is 0 Å². The summed E-state index contributed by atoms with van der Waals surface area (Å²) in [5.41, 5.74) is 0.609. The van der Waals surface area contributed by atoms with Crippen molar-refractivity contribution in [2.75, 3.05) is 0 Å². The molecule has 0 fully saturated rings. The van der Waals surface area contributed by atoms with Gasteiger partial charge in [0.2, 0.25) is 0 Å². The molecule has 0 spiro atoms. The Hall–Kier alpha value is -0.650. The van der Waals surface area contributed by atoms with Crippen molar-refractivity contribution in [1.82, 2.24) is 4.98 Å². The third kappa shape index (κ3) is 1.15. The van der Waals surface area contributed by atoms with Gasteiger partial charge in [0, 0.05) is 20.7 Å². The number of benzene rings is 1. The molecule has 1 heterocycles. The maximum atomic E-state index is 13.3. The van der Waals surface area contributed by atoms with Gasteiger partial charge in [-0.2, -0.15) is 0 Å². The molecule has 0 amide bonds. The number of nitrogens with one attached hydrogen (secondary N) is 1. The summed E-state index contributed by atoms with van der Waals surface area (Å²) in [6.07, 6.45) is 1.61. The van der Waals surface area contributed by atoms with E-state index in [9.17, 15) is 8.78 Å². The number of H-pyrrole nitrogens is 1. The number of aromatic amines is 1. The first kappa shape index (κ1) is 8.93. The van der Waals surface area contributed by atoms with Gasteiger partial charge < -0.3 is 4.98 Å². The first-order valence-corrected chi connectivity index (χ1v) is 4.81. The van der Waals surface area contributed by atoms with E-state index in [0.29, 0.717) is 5.56 Å². The van der Waals surface area contributed by atoms with E-state index in [0.717, 1.165) is 8.96 Å². The molecule has 1 nitrogen and oxygen atoms in total. The summed E-state index contributed by atoms with van der Waals surface area (Å²) >= 11 is 2.01. The molecule has 1 aromatic heterocycles. The van der Waals surface area contributed by atoms with Crippen molar-refractivity contribution in [3.8, 4) is 0 Å². The summed E-state index contributed by atoms with van der Waals surface area (Å²) in [7, 11) is 0. The lowest BCUT2D eigenvalue weighted by Crippen LogP contribution is -1.94. The van der Waals surface area contributed by atoms with Crippen LogP contribution in [0.1, 0.15) is 5.56 Å². The molecule has 2 aromatic rings. The van der Waals surface area contributed by atoms with Gasteiger partial charge in [0.15, 0.2) is 11.6 Å². The molecule has 0 bridgehead atoms. The minimum absolute atomic E-state index is 0.243. The first-order chi connectivity index (χ1) is 6.13. The zero-order chi connectivity index (χ0) is 9.59. The molecular formula is C9H6F2IN. The fraction of sp³-hybridized carbons (Fsp3) is 0.111. The molecule has 0 unspecified atom stereocenters. The molecule has 13 heavy (non-hydrogen) atoms. The van der Waals surface area contributed by atoms with Gasteiger partial charge in [0.25, 0.3) is 0 Å². The zero-order valence-electron chi connectivity index (χ0n) is 6.79. The molecule has 0 atom stereocenters. The lowest BCUT2D eigenvalue weighted by Gasteiger charge is -2.03. The van der Waals surface area contributed by atoms with Crippen LogP contribution in [0.15, 0.2) is 12.3 Å². The highest BCUT2D eigenvalue weighted by molar-refractivity contribution is 14.1. The Bertz CT molecular complexity index is 434. The van der Waals surface area contributed by atoms with E-state index in [2.05, 4.69) is 4.98 Å². The fourth-order valence-corrected chi connectivity index (χ4v) is 1.99. The average Bonchev–Trinajstić information content (AvgIpc) is 2.59. The predicted octanol–water partition coefficient (Wildman–Crippen LogP) is 3.36. The average molecular weight is 293 g/mol. The van der Waals surface area contributed by atoms with Crippen LogP contribution < -0.4 is 0 Å². The third-order valence-electron chi connectivity index (χ3n) is 2.05. The normalized spacial score (nSPS) is 11.1. The zero-order valence-corrected chi connectivity index (χ0v) is 8.95. The highest BCUT2D eigenvalue weighted by Crippen LogP contribution is 2.28. The molecule has 68 valence electrons. The van der Waals surface area contributed by atoms with Crippen LogP contribution in [0.5, 0.6) is 0 Å². The van der Waals surface area contributed by atoms with Crippen LogP contribution in [0.25, 0.3) is 10.9 Å². The van der Waals surface area contributed by atoms with Crippen LogP contribution in [-0.4, -0.2) is 4.98 Å². The minimum Gasteiger partial charge on any atom is -0.359 e. The smallest absolute Gasteiger partial charge is 0.183 e. The Morgan fingerprint density at radius 1 is 1.31 bits per heavy atom. The van der Waals surface area contributed by atoms with Crippen LogP contribution in [0.2, 0.25) is 0 Å². The number of hydrogen-bond acceptors (Lipinski definition) is 0. The standard InChI is InChI=1S/C9H6F2IN/c1-4-6(10)7(11)9-5(8(4)12)2-3-13-9/h2-3,13H,1H3. The number of halogens is 3. The van der Waals surface area contributed by atoms with E-state index in [-0.39, 0.29) is 5.52 Å². The van der Waals surface area contributed by atoms with E-state index < -0.39 is 11.6 Å². The van der Waals surface area contributed by atoms with Gasteiger partial charge in [0.1, 0.15) is 0 Å². The minimum atomic E-state index is -0.794. The second-order valence-corrected chi connectivity index (χ2v) is 3.91. The quantitative estimate of drug-likeness (QED) is 0.566. The molecule has 0 aliphatic carbocycles. The van der Waals surface area contributed by atoms with Gasteiger partial charge in [-0.3, -0.25) is 0 Å². The largest absolute Gasteiger partial charge is 0.359 e. The van der Waals surface area contributed by atoms with E-state index in [1.807, 2.05) is 22.6 Å². The van der Waals surface area contributed by atoms with Crippen molar-refractivity contribution >= 4 is 33.5 Å². The SMILES string of the molecule is Cc1c(F)c(F)c2[nH]ccc2c1I. The van der Waals surface area contributed by atoms with Gasteiger partial charge in [-0.05, 0) is 35.6 Å². The lowest BCUT2D eigenvalue weighted by molar-refractivity contribution is 0.509. The van der Waals surface area contributed by atoms with E-state index in [4.69, 9.17) is 0 Å². The van der Waals surface area contributed by atoms with Gasteiger partial charge in [-0.1, -0.05) is 0 Å². The molecule has 1 N–H and O–H groups in total. The molecule has 0 aliphatic rings. The van der Waals surface area contributed by atoms with Crippen molar-refractivity contribution in [2.45, 2.75) is 6.92 Å². The third-order valence-corrected chi connectivity index (χ3v) is 3.44. The highest BCUT2D eigenvalue weighted by atomic mass is 127. The molecule has 0 radical (unpaired) electrons. The van der Waals surface area contributed by atoms with Crippen LogP contribution in [-0.2, 0) is 0 Å². The fourth-order valence-electron chi connectivity index (χ4n) is 1.31.